The Hall–Kier alpha value is -0.590. The van der Waals surface area contributed by atoms with Crippen molar-refractivity contribution in [3.05, 3.63) is 26.1 Å². The van der Waals surface area contributed by atoms with E-state index in [2.05, 4.69) is 0 Å². The SMILES string of the molecule is Cn1cc(I)c([N+](=O)[O-])c1. The molecule has 54 valence electrons. The van der Waals surface area contributed by atoms with Crippen molar-refractivity contribution in [2.75, 3.05) is 0 Å². The molecule has 1 aromatic rings. The number of halogens is 1. The van der Waals surface area contributed by atoms with Crippen molar-refractivity contribution in [3.63, 3.8) is 0 Å². The largest absolute Gasteiger partial charge is 0.350 e. The van der Waals surface area contributed by atoms with Crippen LogP contribution in [0.5, 0.6) is 0 Å². The molecule has 0 aliphatic carbocycles. The average molecular weight is 252 g/mol. The highest BCUT2D eigenvalue weighted by Crippen LogP contribution is 2.19. The van der Waals surface area contributed by atoms with Gasteiger partial charge in [-0.15, -0.1) is 0 Å². The zero-order valence-corrected chi connectivity index (χ0v) is 7.40. The van der Waals surface area contributed by atoms with Crippen LogP contribution in [0.3, 0.4) is 0 Å². The van der Waals surface area contributed by atoms with E-state index in [4.69, 9.17) is 0 Å². The summed E-state index contributed by atoms with van der Waals surface area (Å²) in [5, 5.41) is 10.2. The molecule has 0 aliphatic heterocycles. The maximum Gasteiger partial charge on any atom is 0.300 e. The maximum absolute atomic E-state index is 10.2. The summed E-state index contributed by atoms with van der Waals surface area (Å²) in [4.78, 5) is 9.84. The zero-order chi connectivity index (χ0) is 7.72. The van der Waals surface area contributed by atoms with Crippen LogP contribution in [0.2, 0.25) is 0 Å². The third-order valence-electron chi connectivity index (χ3n) is 1.08. The second kappa shape index (κ2) is 2.57. The lowest BCUT2D eigenvalue weighted by Crippen LogP contribution is -1.86. The van der Waals surface area contributed by atoms with Gasteiger partial charge in [0.1, 0.15) is 3.57 Å². The van der Waals surface area contributed by atoms with Gasteiger partial charge in [0.15, 0.2) is 0 Å². The van der Waals surface area contributed by atoms with E-state index in [9.17, 15) is 10.1 Å². The molecule has 0 saturated heterocycles. The van der Waals surface area contributed by atoms with Gasteiger partial charge in [0.05, 0.1) is 11.1 Å². The monoisotopic (exact) mass is 252 g/mol. The van der Waals surface area contributed by atoms with Crippen molar-refractivity contribution >= 4 is 28.3 Å². The van der Waals surface area contributed by atoms with E-state index < -0.39 is 0 Å². The van der Waals surface area contributed by atoms with E-state index in [1.165, 1.54) is 6.20 Å². The number of hydrogen-bond acceptors (Lipinski definition) is 2. The Labute approximate surface area is 71.1 Å². The van der Waals surface area contributed by atoms with Gasteiger partial charge in [0.25, 0.3) is 5.69 Å². The van der Waals surface area contributed by atoms with Crippen LogP contribution in [0, 0.1) is 13.7 Å². The van der Waals surface area contributed by atoms with Gasteiger partial charge in [-0.2, -0.15) is 0 Å². The molecular weight excluding hydrogens is 247 g/mol. The first kappa shape index (κ1) is 7.52. The Morgan fingerprint density at radius 2 is 2.30 bits per heavy atom. The third-order valence-corrected chi connectivity index (χ3v) is 1.92. The van der Waals surface area contributed by atoms with Gasteiger partial charge in [-0.05, 0) is 22.6 Å². The Morgan fingerprint density at radius 1 is 1.70 bits per heavy atom. The summed E-state index contributed by atoms with van der Waals surface area (Å²) in [7, 11) is 1.76. The molecule has 0 unspecified atom stereocenters. The fourth-order valence-electron chi connectivity index (χ4n) is 0.671. The lowest BCUT2D eigenvalue weighted by Gasteiger charge is -1.82. The van der Waals surface area contributed by atoms with Crippen LogP contribution in [0.4, 0.5) is 5.69 Å². The van der Waals surface area contributed by atoms with Crippen molar-refractivity contribution in [2.24, 2.45) is 7.05 Å². The Bertz CT molecular complexity index is 269. The minimum Gasteiger partial charge on any atom is -0.350 e. The molecule has 0 aliphatic rings. The summed E-state index contributed by atoms with van der Waals surface area (Å²) < 4.78 is 2.34. The third kappa shape index (κ3) is 1.28. The number of nitro groups is 1. The van der Waals surface area contributed by atoms with E-state index in [0.717, 1.165) is 0 Å². The normalized spacial score (nSPS) is 9.80. The topological polar surface area (TPSA) is 48.1 Å². The number of nitrogens with zero attached hydrogens (tertiary/aromatic N) is 2. The van der Waals surface area contributed by atoms with Crippen molar-refractivity contribution < 1.29 is 4.92 Å². The molecular formula is C5H5IN2O2. The van der Waals surface area contributed by atoms with Crippen molar-refractivity contribution in [3.8, 4) is 0 Å². The van der Waals surface area contributed by atoms with Crippen LogP contribution >= 0.6 is 22.6 Å². The Kier molecular flexibility index (Phi) is 1.93. The van der Waals surface area contributed by atoms with Gasteiger partial charge < -0.3 is 4.57 Å². The van der Waals surface area contributed by atoms with Crippen molar-refractivity contribution in [1.82, 2.24) is 4.57 Å². The molecule has 5 heteroatoms. The van der Waals surface area contributed by atoms with Crippen LogP contribution in [-0.2, 0) is 7.05 Å². The van der Waals surface area contributed by atoms with Gasteiger partial charge in [-0.25, -0.2) is 0 Å². The molecule has 0 atom stereocenters. The standard InChI is InChI=1S/C5H5IN2O2/c1-7-2-4(6)5(3-7)8(9)10/h2-3H,1H3. The second-order valence-electron chi connectivity index (χ2n) is 1.91. The van der Waals surface area contributed by atoms with Gasteiger partial charge in [0.2, 0.25) is 0 Å². The maximum atomic E-state index is 10.2. The summed E-state index contributed by atoms with van der Waals surface area (Å²) in [5.41, 5.74) is 0.170. The van der Waals surface area contributed by atoms with Crippen LogP contribution in [-0.4, -0.2) is 9.49 Å². The molecule has 1 aromatic heterocycles. The highest BCUT2D eigenvalue weighted by molar-refractivity contribution is 14.1. The molecule has 10 heavy (non-hydrogen) atoms. The quantitative estimate of drug-likeness (QED) is 0.432. The fraction of sp³-hybridized carbons (Fsp3) is 0.200. The molecule has 0 radical (unpaired) electrons. The summed E-state index contributed by atoms with van der Waals surface area (Å²) in [6, 6.07) is 0. The smallest absolute Gasteiger partial charge is 0.300 e. The minimum atomic E-state index is -0.387. The van der Waals surface area contributed by atoms with Crippen LogP contribution < -0.4 is 0 Å². The van der Waals surface area contributed by atoms with E-state index in [1.807, 2.05) is 22.6 Å². The number of aryl methyl sites for hydroxylation is 1. The number of aromatic nitrogens is 1. The van der Waals surface area contributed by atoms with Crippen molar-refractivity contribution in [1.29, 1.82) is 0 Å². The second-order valence-corrected chi connectivity index (χ2v) is 3.08. The molecule has 0 N–H and O–H groups in total. The Morgan fingerprint density at radius 3 is 2.50 bits per heavy atom. The zero-order valence-electron chi connectivity index (χ0n) is 5.24. The highest BCUT2D eigenvalue weighted by Gasteiger charge is 2.12. The molecule has 0 bridgehead atoms. The molecule has 0 fully saturated rings. The summed E-state index contributed by atoms with van der Waals surface area (Å²) >= 11 is 1.93. The van der Waals surface area contributed by atoms with E-state index in [0.29, 0.717) is 3.57 Å². The fourth-order valence-corrected chi connectivity index (χ4v) is 1.45. The van der Waals surface area contributed by atoms with Crippen LogP contribution in [0.25, 0.3) is 0 Å². The molecule has 0 amide bonds. The Balaban J connectivity index is 3.15. The summed E-state index contributed by atoms with van der Waals surface area (Å²) in [5.74, 6) is 0. The summed E-state index contributed by atoms with van der Waals surface area (Å²) in [6.45, 7) is 0. The number of hydrogen-bond donors (Lipinski definition) is 0. The molecule has 4 nitrogen and oxygen atoms in total. The number of rotatable bonds is 1. The van der Waals surface area contributed by atoms with Crippen molar-refractivity contribution in [2.45, 2.75) is 0 Å². The van der Waals surface area contributed by atoms with E-state index in [1.54, 1.807) is 17.8 Å². The molecule has 0 saturated carbocycles. The highest BCUT2D eigenvalue weighted by atomic mass is 127. The first-order valence-electron chi connectivity index (χ1n) is 2.57. The van der Waals surface area contributed by atoms with Gasteiger partial charge in [-0.3, -0.25) is 10.1 Å². The van der Waals surface area contributed by atoms with Crippen LogP contribution in [0.1, 0.15) is 0 Å². The van der Waals surface area contributed by atoms with Gasteiger partial charge in [-0.1, -0.05) is 0 Å². The minimum absolute atomic E-state index is 0.170. The average Bonchev–Trinajstić information content (AvgIpc) is 2.10. The molecule has 1 heterocycles. The molecule has 0 spiro atoms. The summed E-state index contributed by atoms with van der Waals surface area (Å²) in [6.07, 6.45) is 3.19. The first-order chi connectivity index (χ1) is 4.61. The lowest BCUT2D eigenvalue weighted by atomic mass is 10.6. The van der Waals surface area contributed by atoms with E-state index in [-0.39, 0.29) is 10.6 Å². The lowest BCUT2D eigenvalue weighted by molar-refractivity contribution is -0.385. The molecule has 1 rings (SSSR count). The van der Waals surface area contributed by atoms with Gasteiger partial charge in [0, 0.05) is 13.2 Å². The predicted octanol–water partition coefficient (Wildman–Crippen LogP) is 1.54. The molecule has 0 aromatic carbocycles. The van der Waals surface area contributed by atoms with Crippen LogP contribution in [0.15, 0.2) is 12.4 Å². The predicted molar refractivity (Wildman–Crippen MR) is 44.8 cm³/mol. The van der Waals surface area contributed by atoms with E-state index >= 15 is 0 Å². The van der Waals surface area contributed by atoms with Gasteiger partial charge >= 0.3 is 0 Å². The first-order valence-corrected chi connectivity index (χ1v) is 3.65.